The van der Waals surface area contributed by atoms with Crippen molar-refractivity contribution >= 4 is 32.7 Å². The van der Waals surface area contributed by atoms with Gasteiger partial charge < -0.3 is 4.74 Å². The highest BCUT2D eigenvalue weighted by molar-refractivity contribution is 7.91. The van der Waals surface area contributed by atoms with Gasteiger partial charge in [0, 0.05) is 11.5 Å². The van der Waals surface area contributed by atoms with E-state index in [2.05, 4.69) is 4.98 Å². The van der Waals surface area contributed by atoms with Crippen molar-refractivity contribution in [1.82, 2.24) is 10.5 Å². The predicted molar refractivity (Wildman–Crippen MR) is 99.2 cm³/mol. The summed E-state index contributed by atoms with van der Waals surface area (Å²) in [4.78, 5) is 15.4. The topological polar surface area (TPSA) is 106 Å². The summed E-state index contributed by atoms with van der Waals surface area (Å²) in [6.07, 6.45) is 2.48. The summed E-state index contributed by atoms with van der Waals surface area (Å²) in [5, 5.41) is 9.19. The largest absolute Gasteiger partial charge is 0.497 e. The number of hydroxylamine groups is 1. The minimum atomic E-state index is -3.84. The lowest BCUT2D eigenvalue weighted by Gasteiger charge is -2.07. The number of fused-ring (bicyclic) bond motifs is 1. The monoisotopic (exact) mass is 384 g/mol. The molecule has 0 aliphatic carbocycles. The van der Waals surface area contributed by atoms with Crippen LogP contribution in [0, 0.1) is 0 Å². The second kappa shape index (κ2) is 7.56. The first-order chi connectivity index (χ1) is 12.9. The van der Waals surface area contributed by atoms with Crippen molar-refractivity contribution in [3.63, 3.8) is 0 Å². The van der Waals surface area contributed by atoms with Gasteiger partial charge in [-0.15, -0.1) is 0 Å². The van der Waals surface area contributed by atoms with E-state index in [1.54, 1.807) is 43.5 Å². The Morgan fingerprint density at radius 1 is 1.15 bits per heavy atom. The van der Waals surface area contributed by atoms with Crippen molar-refractivity contribution in [2.75, 3.05) is 7.11 Å². The average Bonchev–Trinajstić information content (AvgIpc) is 2.71. The number of carbonyl (C=O) groups is 1. The maximum Gasteiger partial charge on any atom is 0.267 e. The molecule has 27 heavy (non-hydrogen) atoms. The van der Waals surface area contributed by atoms with Gasteiger partial charge in [0.05, 0.1) is 17.5 Å². The number of hydrogen-bond acceptors (Lipinski definition) is 6. The first-order valence-electron chi connectivity index (χ1n) is 7.86. The molecule has 1 heterocycles. The Kier molecular flexibility index (Phi) is 5.20. The molecule has 1 aromatic heterocycles. The van der Waals surface area contributed by atoms with E-state index >= 15 is 0 Å². The van der Waals surface area contributed by atoms with Crippen molar-refractivity contribution in [2.24, 2.45) is 0 Å². The van der Waals surface area contributed by atoms with Gasteiger partial charge in [-0.25, -0.2) is 18.9 Å². The van der Waals surface area contributed by atoms with Gasteiger partial charge in [-0.05, 0) is 54.1 Å². The number of pyridine rings is 1. The molecular weight excluding hydrogens is 368 g/mol. The third kappa shape index (κ3) is 3.97. The van der Waals surface area contributed by atoms with Gasteiger partial charge in [-0.1, -0.05) is 12.1 Å². The van der Waals surface area contributed by atoms with E-state index in [0.717, 1.165) is 11.5 Å². The van der Waals surface area contributed by atoms with Gasteiger partial charge in [0.1, 0.15) is 5.75 Å². The lowest BCUT2D eigenvalue weighted by atomic mass is 10.2. The normalized spacial score (nSPS) is 11.6. The molecule has 0 aliphatic rings. The molecule has 0 atom stereocenters. The van der Waals surface area contributed by atoms with Crippen LogP contribution in [-0.4, -0.2) is 31.6 Å². The highest BCUT2D eigenvalue weighted by Crippen LogP contribution is 2.25. The van der Waals surface area contributed by atoms with E-state index in [9.17, 15) is 13.2 Å². The fraction of sp³-hybridized carbons (Fsp3) is 0.0526. The number of nitrogens with zero attached hydrogens (tertiary/aromatic N) is 1. The van der Waals surface area contributed by atoms with Crippen LogP contribution in [0.1, 0.15) is 5.56 Å². The van der Waals surface area contributed by atoms with Crippen LogP contribution in [0.2, 0.25) is 0 Å². The number of carbonyl (C=O) groups excluding carboxylic acids is 1. The molecule has 0 aliphatic heterocycles. The van der Waals surface area contributed by atoms with E-state index in [0.29, 0.717) is 16.8 Å². The zero-order valence-corrected chi connectivity index (χ0v) is 15.1. The molecule has 0 fully saturated rings. The SMILES string of the molecule is COc1ccc2nc(S(=O)(=O)c3cccc(/C=C/C(=O)NO)c3)ccc2c1. The van der Waals surface area contributed by atoms with Gasteiger partial charge >= 0.3 is 0 Å². The first kappa shape index (κ1) is 18.6. The predicted octanol–water partition coefficient (Wildman–Crippen LogP) is 2.59. The number of sulfone groups is 1. The number of methoxy groups -OCH3 is 1. The van der Waals surface area contributed by atoms with E-state index < -0.39 is 15.7 Å². The third-order valence-corrected chi connectivity index (χ3v) is 5.50. The van der Waals surface area contributed by atoms with Crippen molar-refractivity contribution < 1.29 is 23.2 Å². The fourth-order valence-corrected chi connectivity index (χ4v) is 3.73. The number of amides is 1. The Balaban J connectivity index is 2.00. The van der Waals surface area contributed by atoms with E-state index in [1.165, 1.54) is 29.8 Å². The Hall–Kier alpha value is -3.23. The van der Waals surface area contributed by atoms with Crippen LogP contribution in [0.25, 0.3) is 17.0 Å². The molecule has 2 aromatic carbocycles. The number of benzene rings is 2. The van der Waals surface area contributed by atoms with Gasteiger partial charge in [-0.3, -0.25) is 10.0 Å². The van der Waals surface area contributed by atoms with Crippen LogP contribution in [-0.2, 0) is 14.6 Å². The quantitative estimate of drug-likeness (QED) is 0.398. The van der Waals surface area contributed by atoms with Gasteiger partial charge in [-0.2, -0.15) is 0 Å². The molecule has 7 nitrogen and oxygen atoms in total. The second-order valence-corrected chi connectivity index (χ2v) is 7.49. The number of rotatable bonds is 5. The van der Waals surface area contributed by atoms with E-state index in [-0.39, 0.29) is 9.92 Å². The van der Waals surface area contributed by atoms with Gasteiger partial charge in [0.15, 0.2) is 5.03 Å². The number of nitrogens with one attached hydrogen (secondary N) is 1. The van der Waals surface area contributed by atoms with Crippen LogP contribution in [0.15, 0.2) is 70.6 Å². The summed E-state index contributed by atoms with van der Waals surface area (Å²) in [5.41, 5.74) is 2.49. The van der Waals surface area contributed by atoms with Crippen molar-refractivity contribution in [2.45, 2.75) is 9.92 Å². The second-order valence-electron chi connectivity index (χ2n) is 5.59. The molecule has 2 N–H and O–H groups in total. The Bertz CT molecular complexity index is 1140. The molecule has 3 aromatic rings. The molecule has 3 rings (SSSR count). The lowest BCUT2D eigenvalue weighted by Crippen LogP contribution is -2.14. The summed E-state index contributed by atoms with van der Waals surface area (Å²) in [6, 6.07) is 14.4. The van der Waals surface area contributed by atoms with Crippen LogP contribution in [0.3, 0.4) is 0 Å². The maximum atomic E-state index is 12.9. The molecule has 0 radical (unpaired) electrons. The minimum Gasteiger partial charge on any atom is -0.497 e. The van der Waals surface area contributed by atoms with Crippen molar-refractivity contribution in [3.05, 3.63) is 66.2 Å². The molecule has 138 valence electrons. The lowest BCUT2D eigenvalue weighted by molar-refractivity contribution is -0.124. The van der Waals surface area contributed by atoms with Crippen LogP contribution < -0.4 is 10.2 Å². The number of aromatic nitrogens is 1. The van der Waals surface area contributed by atoms with Gasteiger partial charge in [0.25, 0.3) is 5.91 Å². The molecule has 0 unspecified atom stereocenters. The summed E-state index contributed by atoms with van der Waals surface area (Å²) in [7, 11) is -2.28. The molecule has 0 saturated carbocycles. The van der Waals surface area contributed by atoms with Crippen molar-refractivity contribution in [1.29, 1.82) is 0 Å². The van der Waals surface area contributed by atoms with E-state index in [4.69, 9.17) is 9.94 Å². The molecule has 0 spiro atoms. The molecular formula is C19H16N2O5S. The minimum absolute atomic E-state index is 0.0504. The number of hydrogen-bond donors (Lipinski definition) is 2. The summed E-state index contributed by atoms with van der Waals surface area (Å²) >= 11 is 0. The Labute approximate surface area is 155 Å². The van der Waals surface area contributed by atoms with Gasteiger partial charge in [0.2, 0.25) is 9.84 Å². The van der Waals surface area contributed by atoms with Crippen LogP contribution >= 0.6 is 0 Å². The summed E-state index contributed by atoms with van der Waals surface area (Å²) in [5.74, 6) is -0.0544. The third-order valence-electron chi connectivity index (χ3n) is 3.85. The highest BCUT2D eigenvalue weighted by atomic mass is 32.2. The standard InChI is InChI=1S/C19H16N2O5S/c1-26-15-7-8-17-14(12-15)6-10-19(20-17)27(24,25)16-4-2-3-13(11-16)5-9-18(22)21-23/h2-12,23H,1H3,(H,21,22)/b9-5+. The molecule has 1 amide bonds. The summed E-state index contributed by atoms with van der Waals surface area (Å²) < 4.78 is 31.0. The summed E-state index contributed by atoms with van der Waals surface area (Å²) in [6.45, 7) is 0. The number of ether oxygens (including phenoxy) is 1. The van der Waals surface area contributed by atoms with Crippen molar-refractivity contribution in [3.8, 4) is 5.75 Å². The Morgan fingerprint density at radius 3 is 2.70 bits per heavy atom. The van der Waals surface area contributed by atoms with Crippen LogP contribution in [0.5, 0.6) is 5.75 Å². The fourth-order valence-electron chi connectivity index (χ4n) is 2.48. The molecule has 0 saturated heterocycles. The average molecular weight is 384 g/mol. The smallest absolute Gasteiger partial charge is 0.267 e. The molecule has 8 heteroatoms. The Morgan fingerprint density at radius 2 is 1.96 bits per heavy atom. The zero-order valence-electron chi connectivity index (χ0n) is 14.3. The maximum absolute atomic E-state index is 12.9. The molecule has 0 bridgehead atoms. The zero-order chi connectivity index (χ0) is 19.4. The highest BCUT2D eigenvalue weighted by Gasteiger charge is 2.20. The van der Waals surface area contributed by atoms with E-state index in [1.807, 2.05) is 0 Å². The first-order valence-corrected chi connectivity index (χ1v) is 9.34. The van der Waals surface area contributed by atoms with Crippen LogP contribution in [0.4, 0.5) is 0 Å².